The van der Waals surface area contributed by atoms with Gasteiger partial charge in [-0.2, -0.15) is 0 Å². The van der Waals surface area contributed by atoms with Gasteiger partial charge in [0.2, 0.25) is 0 Å². The molecule has 1 rings (SSSR count). The van der Waals surface area contributed by atoms with E-state index in [1.165, 1.54) is 12.3 Å². The van der Waals surface area contributed by atoms with Crippen LogP contribution < -0.4 is 5.32 Å². The largest absolute Gasteiger partial charge is 0.380 e. The molecular formula is C15H26FN3O. The Balaban J connectivity index is 2.44. The van der Waals surface area contributed by atoms with Crippen LogP contribution in [0.3, 0.4) is 0 Å². The van der Waals surface area contributed by atoms with Gasteiger partial charge in [0.05, 0.1) is 24.5 Å². The van der Waals surface area contributed by atoms with Crippen molar-refractivity contribution in [2.75, 3.05) is 39.9 Å². The van der Waals surface area contributed by atoms with Gasteiger partial charge in [-0.3, -0.25) is 4.98 Å². The average molecular weight is 283 g/mol. The zero-order valence-electron chi connectivity index (χ0n) is 12.7. The molecule has 4 nitrogen and oxygen atoms in total. The highest BCUT2D eigenvalue weighted by atomic mass is 19.1. The first-order valence-electron chi connectivity index (χ1n) is 7.30. The minimum Gasteiger partial charge on any atom is -0.380 e. The molecule has 0 saturated carbocycles. The molecule has 1 atom stereocenters. The number of aromatic nitrogens is 1. The zero-order chi connectivity index (χ0) is 14.8. The molecule has 1 heterocycles. The summed E-state index contributed by atoms with van der Waals surface area (Å²) in [6.07, 6.45) is 2.21. The molecule has 1 unspecified atom stereocenters. The van der Waals surface area contributed by atoms with Gasteiger partial charge in [0.25, 0.3) is 0 Å². The number of hydrogen-bond acceptors (Lipinski definition) is 4. The van der Waals surface area contributed by atoms with Gasteiger partial charge in [-0.15, -0.1) is 0 Å². The summed E-state index contributed by atoms with van der Waals surface area (Å²) in [5.41, 5.74) is 0.884. The SMILES string of the molecule is CCOCCN(CC)CCC(NC)c1ccc(F)cn1. The lowest BCUT2D eigenvalue weighted by molar-refractivity contribution is 0.113. The Morgan fingerprint density at radius 3 is 2.70 bits per heavy atom. The highest BCUT2D eigenvalue weighted by Gasteiger charge is 2.12. The molecule has 1 aromatic rings. The van der Waals surface area contributed by atoms with Crippen LogP contribution in [-0.4, -0.2) is 49.8 Å². The van der Waals surface area contributed by atoms with Crippen LogP contribution in [0.2, 0.25) is 0 Å². The van der Waals surface area contributed by atoms with Crippen molar-refractivity contribution in [3.63, 3.8) is 0 Å². The Hall–Kier alpha value is -1.04. The van der Waals surface area contributed by atoms with Crippen molar-refractivity contribution in [2.24, 2.45) is 0 Å². The van der Waals surface area contributed by atoms with Gasteiger partial charge in [-0.1, -0.05) is 6.92 Å². The third-order valence-electron chi connectivity index (χ3n) is 3.39. The fraction of sp³-hybridized carbons (Fsp3) is 0.667. The summed E-state index contributed by atoms with van der Waals surface area (Å²) in [5, 5.41) is 3.24. The van der Waals surface area contributed by atoms with Gasteiger partial charge in [-0.05, 0) is 39.1 Å². The quantitative estimate of drug-likeness (QED) is 0.668. The van der Waals surface area contributed by atoms with Crippen LogP contribution in [0.15, 0.2) is 18.3 Å². The Bertz CT molecular complexity index is 359. The summed E-state index contributed by atoms with van der Waals surface area (Å²) in [5.74, 6) is -0.296. The van der Waals surface area contributed by atoms with Gasteiger partial charge in [0.15, 0.2) is 0 Å². The van der Waals surface area contributed by atoms with Crippen LogP contribution in [0.5, 0.6) is 0 Å². The predicted octanol–water partition coefficient (Wildman–Crippen LogP) is 2.23. The van der Waals surface area contributed by atoms with Crippen LogP contribution >= 0.6 is 0 Å². The molecule has 0 aliphatic rings. The minimum absolute atomic E-state index is 0.150. The molecule has 1 N–H and O–H groups in total. The van der Waals surface area contributed by atoms with Gasteiger partial charge >= 0.3 is 0 Å². The standard InChI is InChI=1S/C15H26FN3O/c1-4-19(10-11-20-5-2)9-8-14(17-3)15-7-6-13(16)12-18-15/h6-7,12,14,17H,4-5,8-11H2,1-3H3. The summed E-state index contributed by atoms with van der Waals surface area (Å²) in [6.45, 7) is 8.59. The smallest absolute Gasteiger partial charge is 0.141 e. The molecule has 0 saturated heterocycles. The molecule has 5 heteroatoms. The second kappa shape index (κ2) is 9.80. The Morgan fingerprint density at radius 2 is 2.15 bits per heavy atom. The molecule has 0 bridgehead atoms. The first-order valence-corrected chi connectivity index (χ1v) is 7.30. The van der Waals surface area contributed by atoms with E-state index in [4.69, 9.17) is 4.74 Å². The van der Waals surface area contributed by atoms with E-state index in [-0.39, 0.29) is 11.9 Å². The van der Waals surface area contributed by atoms with Gasteiger partial charge < -0.3 is 15.0 Å². The summed E-state index contributed by atoms with van der Waals surface area (Å²) in [7, 11) is 1.91. The summed E-state index contributed by atoms with van der Waals surface area (Å²) in [4.78, 5) is 6.50. The molecule has 1 aromatic heterocycles. The summed E-state index contributed by atoms with van der Waals surface area (Å²) >= 11 is 0. The molecule has 0 aromatic carbocycles. The lowest BCUT2D eigenvalue weighted by Crippen LogP contribution is -2.31. The fourth-order valence-corrected chi connectivity index (χ4v) is 2.11. The van der Waals surface area contributed by atoms with Gasteiger partial charge in [0, 0.05) is 19.7 Å². The Morgan fingerprint density at radius 1 is 1.35 bits per heavy atom. The second-order valence-corrected chi connectivity index (χ2v) is 4.66. The summed E-state index contributed by atoms with van der Waals surface area (Å²) < 4.78 is 18.3. The van der Waals surface area contributed by atoms with E-state index < -0.39 is 0 Å². The molecule has 0 aliphatic heterocycles. The van der Waals surface area contributed by atoms with E-state index in [2.05, 4.69) is 22.1 Å². The maximum atomic E-state index is 12.9. The maximum Gasteiger partial charge on any atom is 0.141 e. The molecular weight excluding hydrogens is 257 g/mol. The third-order valence-corrected chi connectivity index (χ3v) is 3.39. The number of nitrogens with one attached hydrogen (secondary N) is 1. The normalized spacial score (nSPS) is 12.8. The molecule has 20 heavy (non-hydrogen) atoms. The molecule has 0 aliphatic carbocycles. The van der Waals surface area contributed by atoms with Crippen LogP contribution in [0.4, 0.5) is 4.39 Å². The molecule has 114 valence electrons. The van der Waals surface area contributed by atoms with Crippen molar-refractivity contribution in [1.29, 1.82) is 0 Å². The van der Waals surface area contributed by atoms with Crippen molar-refractivity contribution in [1.82, 2.24) is 15.2 Å². The van der Waals surface area contributed by atoms with Crippen molar-refractivity contribution >= 4 is 0 Å². The molecule has 0 amide bonds. The predicted molar refractivity (Wildman–Crippen MR) is 79.2 cm³/mol. The number of rotatable bonds is 10. The van der Waals surface area contributed by atoms with Crippen molar-refractivity contribution < 1.29 is 9.13 Å². The molecule has 0 fully saturated rings. The third kappa shape index (κ3) is 5.94. The van der Waals surface area contributed by atoms with E-state index >= 15 is 0 Å². The number of likely N-dealkylation sites (N-methyl/N-ethyl adjacent to an activating group) is 1. The van der Waals surface area contributed by atoms with E-state index in [1.807, 2.05) is 14.0 Å². The monoisotopic (exact) mass is 283 g/mol. The number of hydrogen-bond donors (Lipinski definition) is 1. The van der Waals surface area contributed by atoms with Gasteiger partial charge in [-0.25, -0.2) is 4.39 Å². The van der Waals surface area contributed by atoms with Crippen LogP contribution in [0, 0.1) is 5.82 Å². The second-order valence-electron chi connectivity index (χ2n) is 4.66. The first kappa shape index (κ1) is 17.0. The lowest BCUT2D eigenvalue weighted by Gasteiger charge is -2.23. The number of pyridine rings is 1. The van der Waals surface area contributed by atoms with Crippen molar-refractivity contribution in [3.8, 4) is 0 Å². The highest BCUT2D eigenvalue weighted by molar-refractivity contribution is 5.09. The Kier molecular flexibility index (Phi) is 8.34. The first-order chi connectivity index (χ1) is 9.71. The molecule has 0 radical (unpaired) electrons. The highest BCUT2D eigenvalue weighted by Crippen LogP contribution is 2.14. The van der Waals surface area contributed by atoms with E-state index in [1.54, 1.807) is 6.07 Å². The van der Waals surface area contributed by atoms with E-state index in [0.29, 0.717) is 0 Å². The van der Waals surface area contributed by atoms with Crippen molar-refractivity contribution in [3.05, 3.63) is 29.8 Å². The average Bonchev–Trinajstić information content (AvgIpc) is 2.47. The minimum atomic E-state index is -0.296. The van der Waals surface area contributed by atoms with E-state index in [9.17, 15) is 4.39 Å². The number of ether oxygens (including phenoxy) is 1. The maximum absolute atomic E-state index is 12.9. The molecule has 0 spiro atoms. The number of halogens is 1. The van der Waals surface area contributed by atoms with Gasteiger partial charge in [0.1, 0.15) is 5.82 Å². The fourth-order valence-electron chi connectivity index (χ4n) is 2.11. The van der Waals surface area contributed by atoms with Crippen molar-refractivity contribution in [2.45, 2.75) is 26.3 Å². The van der Waals surface area contributed by atoms with Crippen LogP contribution in [-0.2, 0) is 4.74 Å². The number of nitrogens with zero attached hydrogens (tertiary/aromatic N) is 2. The zero-order valence-corrected chi connectivity index (χ0v) is 12.7. The lowest BCUT2D eigenvalue weighted by atomic mass is 10.1. The topological polar surface area (TPSA) is 37.4 Å². The summed E-state index contributed by atoms with van der Waals surface area (Å²) in [6, 6.07) is 3.35. The van der Waals surface area contributed by atoms with Crippen LogP contribution in [0.25, 0.3) is 0 Å². The van der Waals surface area contributed by atoms with Crippen LogP contribution in [0.1, 0.15) is 32.0 Å². The Labute approximate surface area is 121 Å². The van der Waals surface area contributed by atoms with E-state index in [0.717, 1.165) is 45.0 Å².